The van der Waals surface area contributed by atoms with E-state index < -0.39 is 6.97 Å². The van der Waals surface area contributed by atoms with Crippen LogP contribution in [0.2, 0.25) is 0 Å². The third-order valence-electron chi connectivity index (χ3n) is 10.6. The van der Waals surface area contributed by atoms with E-state index in [1.54, 1.807) is 38.5 Å². The summed E-state index contributed by atoms with van der Waals surface area (Å²) < 4.78 is 47.3. The van der Waals surface area contributed by atoms with Crippen LogP contribution in [0.4, 0.5) is 25.7 Å². The normalized spacial score (nSPS) is 14.8. The number of benzene rings is 3. The van der Waals surface area contributed by atoms with Crippen molar-refractivity contribution in [3.63, 3.8) is 0 Å². The largest absolute Gasteiger partial charge is 0.737 e. The van der Waals surface area contributed by atoms with Crippen LogP contribution in [0.25, 0.3) is 32.0 Å². The first kappa shape index (κ1) is 35.5. The van der Waals surface area contributed by atoms with Gasteiger partial charge in [0.1, 0.15) is 17.2 Å². The molecule has 54 heavy (non-hydrogen) atoms. The van der Waals surface area contributed by atoms with Gasteiger partial charge in [-0.05, 0) is 129 Å². The van der Waals surface area contributed by atoms with Crippen LogP contribution >= 0.6 is 22.7 Å². The molecule has 3 aromatic heterocycles. The van der Waals surface area contributed by atoms with E-state index >= 15 is 8.63 Å². The highest BCUT2D eigenvalue weighted by atomic mass is 32.1. The number of nitrogens with zero attached hydrogens (tertiary/aromatic N) is 3. The molecule has 8 rings (SSSR count). The van der Waals surface area contributed by atoms with Crippen LogP contribution in [0, 0.1) is 13.8 Å². The molecule has 2 aliphatic heterocycles. The summed E-state index contributed by atoms with van der Waals surface area (Å²) in [6.07, 6.45) is 0.803. The molecule has 2 aliphatic rings. The summed E-state index contributed by atoms with van der Waals surface area (Å²) in [5, 5.41) is 0. The van der Waals surface area contributed by atoms with Gasteiger partial charge in [0.2, 0.25) is 0 Å². The van der Waals surface area contributed by atoms with Crippen molar-refractivity contribution in [2.75, 3.05) is 19.1 Å². The standard InChI is InChI=1S/C43H38BF2N3O3S2/c1-25-40(38-21-20-36(24-50)53-38)28(4)48-42(25)27(3)43-26(2)41(29(5)49(43)44(48,45)46)39-23-22-37(54-39)30-8-10-31(11-9-30)47(32-12-16-34(51-6)17-13-32)33-14-18-35(52-7)19-15-33/h8-24H,1-7H3. The number of carbonyl (C=O) groups is 1. The first-order chi connectivity index (χ1) is 26.0. The summed E-state index contributed by atoms with van der Waals surface area (Å²) >= 11 is 2.94. The predicted octanol–water partition coefficient (Wildman–Crippen LogP) is 11.8. The maximum Gasteiger partial charge on any atom is 0.737 e. The average Bonchev–Trinajstić information content (AvgIpc) is 3.96. The van der Waals surface area contributed by atoms with E-state index in [1.807, 2.05) is 88.4 Å². The van der Waals surface area contributed by atoms with Crippen molar-refractivity contribution >= 4 is 69.8 Å². The molecule has 0 fully saturated rings. The first-order valence-corrected chi connectivity index (χ1v) is 19.3. The highest BCUT2D eigenvalue weighted by Gasteiger charge is 2.56. The summed E-state index contributed by atoms with van der Waals surface area (Å²) in [6, 6.07) is 32.0. The van der Waals surface area contributed by atoms with E-state index in [1.165, 1.54) is 20.3 Å². The average molecular weight is 758 g/mol. The lowest BCUT2D eigenvalue weighted by molar-refractivity contribution is -0.363. The van der Waals surface area contributed by atoms with Crippen LogP contribution in [0.3, 0.4) is 0 Å². The Morgan fingerprint density at radius 1 is 0.685 bits per heavy atom. The maximum absolute atomic E-state index is 17.0. The second-order valence-corrected chi connectivity index (χ2v) is 15.8. The van der Waals surface area contributed by atoms with Crippen molar-refractivity contribution in [3.05, 3.63) is 135 Å². The second kappa shape index (κ2) is 13.4. The minimum atomic E-state index is -4.20. The Bertz CT molecular complexity index is 2510. The lowest BCUT2D eigenvalue weighted by Gasteiger charge is -2.32. The summed E-state index contributed by atoms with van der Waals surface area (Å²) in [5.41, 5.74) is 10.2. The van der Waals surface area contributed by atoms with Crippen LogP contribution in [0.1, 0.15) is 52.3 Å². The molecule has 0 aliphatic carbocycles. The van der Waals surface area contributed by atoms with Crippen LogP contribution in [0.5, 0.6) is 11.5 Å². The molecule has 0 saturated carbocycles. The van der Waals surface area contributed by atoms with Gasteiger partial charge in [-0.3, -0.25) is 4.79 Å². The molecule has 0 amide bonds. The molecule has 0 unspecified atom stereocenters. The molecular weight excluding hydrogens is 719 g/mol. The lowest BCUT2D eigenvalue weighted by Crippen LogP contribution is -2.51. The first-order valence-electron chi connectivity index (χ1n) is 17.6. The fraction of sp³-hybridized carbons (Fsp3) is 0.163. The Morgan fingerprint density at radius 3 is 1.76 bits per heavy atom. The zero-order chi connectivity index (χ0) is 38.1. The number of methoxy groups -OCH3 is 2. The lowest BCUT2D eigenvalue weighted by atomic mass is 9.86. The van der Waals surface area contributed by atoms with Gasteiger partial charge in [0.25, 0.3) is 0 Å². The molecule has 5 heterocycles. The molecule has 272 valence electrons. The third kappa shape index (κ3) is 5.48. The van der Waals surface area contributed by atoms with Gasteiger partial charge in [-0.25, -0.2) is 0 Å². The number of thiophene rings is 2. The zero-order valence-electron chi connectivity index (χ0n) is 31.0. The Morgan fingerprint density at radius 2 is 1.22 bits per heavy atom. The van der Waals surface area contributed by atoms with E-state index in [4.69, 9.17) is 9.47 Å². The third-order valence-corrected chi connectivity index (χ3v) is 12.8. The van der Waals surface area contributed by atoms with Crippen molar-refractivity contribution in [1.29, 1.82) is 0 Å². The van der Waals surface area contributed by atoms with Gasteiger partial charge < -0.3 is 32.0 Å². The molecule has 0 spiro atoms. The number of hydrogen-bond donors (Lipinski definition) is 0. The van der Waals surface area contributed by atoms with Crippen LogP contribution in [-0.2, 0) is 0 Å². The predicted molar refractivity (Wildman–Crippen MR) is 220 cm³/mol. The van der Waals surface area contributed by atoms with Gasteiger partial charge in [0.15, 0.2) is 12.0 Å². The van der Waals surface area contributed by atoms with Gasteiger partial charge in [0, 0.05) is 61.0 Å². The topological polar surface area (TPSA) is 46.7 Å². The number of anilines is 3. The summed E-state index contributed by atoms with van der Waals surface area (Å²) in [4.78, 5) is 17.0. The Labute approximate surface area is 321 Å². The van der Waals surface area contributed by atoms with Crippen LogP contribution in [0.15, 0.2) is 108 Å². The van der Waals surface area contributed by atoms with E-state index in [9.17, 15) is 4.79 Å². The van der Waals surface area contributed by atoms with Gasteiger partial charge in [-0.2, -0.15) is 0 Å². The second-order valence-electron chi connectivity index (χ2n) is 13.6. The van der Waals surface area contributed by atoms with Gasteiger partial charge in [0.05, 0.1) is 24.7 Å². The summed E-state index contributed by atoms with van der Waals surface area (Å²) in [5.74, 6) is 1.56. The highest BCUT2D eigenvalue weighted by Crippen LogP contribution is 2.49. The van der Waals surface area contributed by atoms with Crippen LogP contribution in [-0.4, -0.2) is 42.2 Å². The van der Waals surface area contributed by atoms with E-state index in [-0.39, 0.29) is 0 Å². The summed E-state index contributed by atoms with van der Waals surface area (Å²) in [6.45, 7) is 5.19. The molecule has 0 bridgehead atoms. The molecule has 6 aromatic rings. The fourth-order valence-corrected chi connectivity index (χ4v) is 10.4. The number of ether oxygens (including phenoxy) is 2. The van der Waals surface area contributed by atoms with Crippen molar-refractivity contribution in [2.24, 2.45) is 0 Å². The van der Waals surface area contributed by atoms with Crippen molar-refractivity contribution in [1.82, 2.24) is 4.48 Å². The monoisotopic (exact) mass is 757 g/mol. The van der Waals surface area contributed by atoms with Gasteiger partial charge in [-0.15, -0.1) is 22.7 Å². The quantitative estimate of drug-likeness (QED) is 0.109. The number of fused-ring (bicyclic) bond motifs is 2. The molecule has 11 heteroatoms. The number of allylic oxidation sites excluding steroid dienone is 3. The van der Waals surface area contributed by atoms with E-state index in [0.29, 0.717) is 27.7 Å². The number of aldehydes is 1. The number of carbonyl (C=O) groups excluding carboxylic acids is 1. The molecular formula is C43H38BF2N3O3S2. The number of hydrogen-bond acceptors (Lipinski definition) is 6. The minimum Gasteiger partial charge on any atom is -0.497 e. The SMILES string of the molecule is COc1ccc(N(c2ccc(OC)cc2)c2ccc(-c3ccc(-c4c(C)c5n(c4C)[B-](F)(F)[N+]4=C(C)C(c6ccc(C=O)s6)=C(C)C4=C5C)s3)cc2)cc1. The zero-order valence-corrected chi connectivity index (χ0v) is 32.7. The van der Waals surface area contributed by atoms with Gasteiger partial charge >= 0.3 is 6.97 Å². The number of rotatable bonds is 9. The smallest absolute Gasteiger partial charge is 0.497 e. The van der Waals surface area contributed by atoms with Gasteiger partial charge in [-0.1, -0.05) is 12.1 Å². The molecule has 0 saturated heterocycles. The molecule has 6 nitrogen and oxygen atoms in total. The minimum absolute atomic E-state index is 0.503. The molecule has 0 atom stereocenters. The summed E-state index contributed by atoms with van der Waals surface area (Å²) in [7, 11) is 3.31. The maximum atomic E-state index is 17.0. The molecule has 0 radical (unpaired) electrons. The molecule has 0 N–H and O–H groups in total. The highest BCUT2D eigenvalue weighted by molar-refractivity contribution is 7.18. The Hall–Kier alpha value is -5.52. The van der Waals surface area contributed by atoms with Crippen molar-refractivity contribution in [2.45, 2.75) is 34.6 Å². The van der Waals surface area contributed by atoms with E-state index in [2.05, 4.69) is 35.2 Å². The number of aromatic nitrogens is 1. The number of halogens is 2. The van der Waals surface area contributed by atoms with Crippen LogP contribution < -0.4 is 14.4 Å². The van der Waals surface area contributed by atoms with E-state index in [0.717, 1.165) is 82.9 Å². The Kier molecular flexibility index (Phi) is 8.82. The van der Waals surface area contributed by atoms with Crippen molar-refractivity contribution in [3.8, 4) is 32.4 Å². The Balaban J connectivity index is 1.16. The van der Waals surface area contributed by atoms with Crippen molar-refractivity contribution < 1.29 is 27.4 Å². The fourth-order valence-electron chi connectivity index (χ4n) is 8.23. The molecule has 3 aromatic carbocycles.